The van der Waals surface area contributed by atoms with Crippen LogP contribution in [0, 0.1) is 0 Å². The number of nitrogens with zero attached hydrogens (tertiary/aromatic N) is 3. The highest BCUT2D eigenvalue weighted by molar-refractivity contribution is 6.33. The Labute approximate surface area is 207 Å². The highest BCUT2D eigenvalue weighted by atomic mass is 35.5. The zero-order valence-electron chi connectivity index (χ0n) is 17.9. The molecule has 0 aliphatic heterocycles. The number of rotatable bonds is 5. The molecule has 35 heavy (non-hydrogen) atoms. The smallest absolute Gasteiger partial charge is 0.335 e. The molecule has 0 saturated carbocycles. The third-order valence-electron chi connectivity index (χ3n) is 5.54. The maximum absolute atomic E-state index is 13.1. The Morgan fingerprint density at radius 1 is 0.943 bits per heavy atom. The van der Waals surface area contributed by atoms with Gasteiger partial charge in [-0.2, -0.15) is 0 Å². The summed E-state index contributed by atoms with van der Waals surface area (Å²) in [6.45, 7) is 0.0611. The monoisotopic (exact) mass is 506 g/mol. The van der Waals surface area contributed by atoms with E-state index >= 15 is 0 Å². The number of nitrogens with one attached hydrogen (secondary N) is 1. The SMILES string of the molecule is O=C(O)c1ccc(Cn2c(=O)[nH]c(=O)c3c2nc(-c2ccccc2Cl)n3-c2ccc(Cl)cc2)cc1. The number of imidazole rings is 1. The summed E-state index contributed by atoms with van der Waals surface area (Å²) >= 11 is 12.6. The molecule has 0 aliphatic carbocycles. The molecular formula is C25H16Cl2N4O4. The van der Waals surface area contributed by atoms with Crippen LogP contribution in [-0.4, -0.2) is 30.2 Å². The first-order valence-corrected chi connectivity index (χ1v) is 11.2. The number of aromatic nitrogens is 4. The number of aromatic amines is 1. The van der Waals surface area contributed by atoms with Crippen molar-refractivity contribution < 1.29 is 9.90 Å². The zero-order valence-corrected chi connectivity index (χ0v) is 19.4. The zero-order chi connectivity index (χ0) is 24.7. The second kappa shape index (κ2) is 8.90. The standard InChI is InChI=1S/C25H16Cl2N4O4/c26-16-9-11-17(12-10-16)31-20-22(28-21(31)18-3-1-2-4-19(18)27)30(25(35)29-23(20)32)13-14-5-7-15(8-6-14)24(33)34/h1-12H,13H2,(H,33,34)(H,29,32,35). The fraction of sp³-hybridized carbons (Fsp3) is 0.0400. The van der Waals surface area contributed by atoms with Gasteiger partial charge in [-0.15, -0.1) is 0 Å². The molecule has 2 aromatic heterocycles. The van der Waals surface area contributed by atoms with Crippen molar-refractivity contribution in [2.75, 3.05) is 0 Å². The van der Waals surface area contributed by atoms with Crippen LogP contribution < -0.4 is 11.2 Å². The van der Waals surface area contributed by atoms with Gasteiger partial charge in [-0.3, -0.25) is 18.9 Å². The normalized spacial score (nSPS) is 11.1. The topological polar surface area (TPSA) is 110 Å². The number of benzene rings is 3. The van der Waals surface area contributed by atoms with E-state index in [0.717, 1.165) is 0 Å². The van der Waals surface area contributed by atoms with Crippen LogP contribution in [0.15, 0.2) is 82.4 Å². The molecule has 8 nitrogen and oxygen atoms in total. The van der Waals surface area contributed by atoms with E-state index in [-0.39, 0.29) is 23.3 Å². The Morgan fingerprint density at radius 3 is 2.29 bits per heavy atom. The minimum atomic E-state index is -1.05. The lowest BCUT2D eigenvalue weighted by Crippen LogP contribution is -2.31. The Bertz CT molecular complexity index is 1700. The van der Waals surface area contributed by atoms with Crippen molar-refractivity contribution in [2.45, 2.75) is 6.54 Å². The summed E-state index contributed by atoms with van der Waals surface area (Å²) in [5, 5.41) is 10.1. The number of carboxylic acids is 1. The van der Waals surface area contributed by atoms with Crippen molar-refractivity contribution in [1.29, 1.82) is 0 Å². The van der Waals surface area contributed by atoms with Crippen molar-refractivity contribution >= 4 is 40.3 Å². The molecule has 5 rings (SSSR count). The van der Waals surface area contributed by atoms with Crippen LogP contribution >= 0.6 is 23.2 Å². The summed E-state index contributed by atoms with van der Waals surface area (Å²) in [5.41, 5.74) is 1.03. The number of H-pyrrole nitrogens is 1. The number of carboxylic acid groups (broad SMARTS) is 1. The van der Waals surface area contributed by atoms with Crippen molar-refractivity contribution in [1.82, 2.24) is 19.1 Å². The number of aromatic carboxylic acids is 1. The van der Waals surface area contributed by atoms with E-state index in [1.54, 1.807) is 65.2 Å². The summed E-state index contributed by atoms with van der Waals surface area (Å²) in [7, 11) is 0. The van der Waals surface area contributed by atoms with E-state index in [9.17, 15) is 14.4 Å². The van der Waals surface area contributed by atoms with Gasteiger partial charge in [0, 0.05) is 16.3 Å². The molecule has 2 heterocycles. The molecule has 0 saturated heterocycles. The van der Waals surface area contributed by atoms with Crippen molar-refractivity contribution in [2.24, 2.45) is 0 Å². The van der Waals surface area contributed by atoms with Gasteiger partial charge in [0.1, 0.15) is 5.82 Å². The first-order chi connectivity index (χ1) is 16.8. The predicted octanol–water partition coefficient (Wildman–Crippen LogP) is 4.60. The molecule has 0 amide bonds. The first kappa shape index (κ1) is 22.6. The Morgan fingerprint density at radius 2 is 1.63 bits per heavy atom. The maximum Gasteiger partial charge on any atom is 0.335 e. The molecule has 0 fully saturated rings. The Balaban J connectivity index is 1.79. The van der Waals surface area contributed by atoms with Gasteiger partial charge < -0.3 is 5.11 Å². The van der Waals surface area contributed by atoms with E-state index in [0.29, 0.717) is 32.7 Å². The van der Waals surface area contributed by atoms with Gasteiger partial charge >= 0.3 is 11.7 Å². The molecule has 0 radical (unpaired) electrons. The van der Waals surface area contributed by atoms with Gasteiger partial charge in [-0.05, 0) is 54.1 Å². The van der Waals surface area contributed by atoms with Crippen LogP contribution in [0.3, 0.4) is 0 Å². The van der Waals surface area contributed by atoms with Crippen LogP contribution in [-0.2, 0) is 6.54 Å². The lowest BCUT2D eigenvalue weighted by atomic mass is 10.1. The number of hydrogen-bond acceptors (Lipinski definition) is 4. The van der Waals surface area contributed by atoms with Crippen LogP contribution in [0.1, 0.15) is 15.9 Å². The van der Waals surface area contributed by atoms with Gasteiger partial charge in [0.05, 0.1) is 17.1 Å². The van der Waals surface area contributed by atoms with Gasteiger partial charge in [-0.25, -0.2) is 14.6 Å². The average molecular weight is 507 g/mol. The van der Waals surface area contributed by atoms with Gasteiger partial charge in [-0.1, -0.05) is 47.5 Å². The Kier molecular flexibility index (Phi) is 5.76. The van der Waals surface area contributed by atoms with E-state index in [4.69, 9.17) is 33.3 Å². The van der Waals surface area contributed by atoms with Crippen LogP contribution in [0.5, 0.6) is 0 Å². The van der Waals surface area contributed by atoms with Crippen LogP contribution in [0.4, 0.5) is 0 Å². The summed E-state index contributed by atoms with van der Waals surface area (Å²) in [6.07, 6.45) is 0. The van der Waals surface area contributed by atoms with Gasteiger partial charge in [0.25, 0.3) is 5.56 Å². The molecule has 10 heteroatoms. The van der Waals surface area contributed by atoms with E-state index in [2.05, 4.69) is 4.98 Å². The van der Waals surface area contributed by atoms with E-state index in [1.807, 2.05) is 0 Å². The first-order valence-electron chi connectivity index (χ1n) is 10.4. The predicted molar refractivity (Wildman–Crippen MR) is 134 cm³/mol. The van der Waals surface area contributed by atoms with Gasteiger partial charge in [0.15, 0.2) is 11.2 Å². The fourth-order valence-electron chi connectivity index (χ4n) is 3.87. The second-order valence-corrected chi connectivity index (χ2v) is 8.59. The minimum absolute atomic E-state index is 0.0611. The number of hydrogen-bond donors (Lipinski definition) is 2. The quantitative estimate of drug-likeness (QED) is 0.362. The molecule has 2 N–H and O–H groups in total. The number of carbonyl (C=O) groups is 1. The number of halogens is 2. The summed E-state index contributed by atoms with van der Waals surface area (Å²) < 4.78 is 2.97. The molecule has 5 aromatic rings. The second-order valence-electron chi connectivity index (χ2n) is 7.75. The fourth-order valence-corrected chi connectivity index (χ4v) is 4.21. The molecular weight excluding hydrogens is 491 g/mol. The van der Waals surface area contributed by atoms with Crippen molar-refractivity contribution in [3.63, 3.8) is 0 Å². The van der Waals surface area contributed by atoms with Crippen molar-refractivity contribution in [3.05, 3.63) is 115 Å². The molecule has 0 unspecified atom stereocenters. The third-order valence-corrected chi connectivity index (χ3v) is 6.12. The molecule has 3 aromatic carbocycles. The lowest BCUT2D eigenvalue weighted by Gasteiger charge is -2.10. The molecule has 0 spiro atoms. The van der Waals surface area contributed by atoms with Gasteiger partial charge in [0.2, 0.25) is 0 Å². The summed E-state index contributed by atoms with van der Waals surface area (Å²) in [6, 6.07) is 20.0. The number of fused-ring (bicyclic) bond motifs is 1. The highest BCUT2D eigenvalue weighted by Gasteiger charge is 2.22. The summed E-state index contributed by atoms with van der Waals surface area (Å²) in [4.78, 5) is 44.2. The van der Waals surface area contributed by atoms with Crippen LogP contribution in [0.25, 0.3) is 28.2 Å². The largest absolute Gasteiger partial charge is 0.478 e. The van der Waals surface area contributed by atoms with E-state index < -0.39 is 17.2 Å². The highest BCUT2D eigenvalue weighted by Crippen LogP contribution is 2.31. The van der Waals surface area contributed by atoms with E-state index in [1.165, 1.54) is 16.7 Å². The van der Waals surface area contributed by atoms with Crippen LogP contribution in [0.2, 0.25) is 10.0 Å². The third kappa shape index (κ3) is 4.14. The lowest BCUT2D eigenvalue weighted by molar-refractivity contribution is 0.0697. The molecule has 0 bridgehead atoms. The van der Waals surface area contributed by atoms with Crippen molar-refractivity contribution in [3.8, 4) is 17.1 Å². The summed E-state index contributed by atoms with van der Waals surface area (Å²) in [5.74, 6) is -0.676. The Hall–Kier alpha value is -4.14. The molecule has 0 aliphatic rings. The average Bonchev–Trinajstić information content (AvgIpc) is 3.23. The molecule has 174 valence electrons. The maximum atomic E-state index is 13.1. The minimum Gasteiger partial charge on any atom is -0.478 e. The molecule has 0 atom stereocenters.